The molecule has 0 saturated carbocycles. The van der Waals surface area contributed by atoms with Gasteiger partial charge in [0.05, 0.1) is 19.1 Å². The first kappa shape index (κ1) is 14.3. The number of rotatable bonds is 5. The fraction of sp³-hybridized carbons (Fsp3) is 0.353. The Balaban J connectivity index is 1.72. The van der Waals surface area contributed by atoms with Crippen LogP contribution in [-0.4, -0.2) is 25.5 Å². The minimum Gasteiger partial charge on any atom is -0.339 e. The van der Waals surface area contributed by atoms with Gasteiger partial charge >= 0.3 is 0 Å². The van der Waals surface area contributed by atoms with Crippen LogP contribution >= 0.6 is 11.3 Å². The summed E-state index contributed by atoms with van der Waals surface area (Å²) in [5.74, 6) is 0.147. The van der Waals surface area contributed by atoms with Gasteiger partial charge in [-0.15, -0.1) is 11.3 Å². The van der Waals surface area contributed by atoms with Gasteiger partial charge in [0.25, 0.3) is 5.91 Å². The highest BCUT2D eigenvalue weighted by atomic mass is 32.1. The van der Waals surface area contributed by atoms with Gasteiger partial charge in [-0.25, -0.2) is 0 Å². The number of hydrogen-bond acceptors (Lipinski definition) is 2. The Bertz CT molecular complexity index is 562. The number of thiophene rings is 1. The highest BCUT2D eigenvalue weighted by molar-refractivity contribution is 7.10. The summed E-state index contributed by atoms with van der Waals surface area (Å²) in [4.78, 5) is 14.9. The van der Waals surface area contributed by atoms with Crippen molar-refractivity contribution in [1.82, 2.24) is 5.32 Å². The van der Waals surface area contributed by atoms with Gasteiger partial charge in [0, 0.05) is 17.7 Å². The molecular formula is C17H21N2OS+. The van der Waals surface area contributed by atoms with Gasteiger partial charge in [-0.05, 0) is 17.0 Å². The van der Waals surface area contributed by atoms with Crippen molar-refractivity contribution in [2.45, 2.75) is 18.9 Å². The molecule has 110 valence electrons. The lowest BCUT2D eigenvalue weighted by atomic mass is 10.1. The maximum absolute atomic E-state index is 12.4. The topological polar surface area (TPSA) is 33.5 Å². The molecule has 0 bridgehead atoms. The molecule has 1 fully saturated rings. The van der Waals surface area contributed by atoms with Crippen molar-refractivity contribution in [2.75, 3.05) is 19.6 Å². The molecule has 4 heteroatoms. The first-order valence-corrected chi connectivity index (χ1v) is 8.42. The summed E-state index contributed by atoms with van der Waals surface area (Å²) in [6.07, 6.45) is 2.49. The molecule has 1 aliphatic heterocycles. The number of amides is 1. The molecule has 21 heavy (non-hydrogen) atoms. The number of hydrogen-bond donors (Lipinski definition) is 2. The van der Waals surface area contributed by atoms with Crippen molar-refractivity contribution in [1.29, 1.82) is 0 Å². The lowest BCUT2D eigenvalue weighted by Gasteiger charge is -2.19. The van der Waals surface area contributed by atoms with Crippen LogP contribution in [0.5, 0.6) is 0 Å². The van der Waals surface area contributed by atoms with Gasteiger partial charge in [-0.1, -0.05) is 36.4 Å². The maximum Gasteiger partial charge on any atom is 0.275 e. The van der Waals surface area contributed by atoms with E-state index in [1.54, 1.807) is 11.3 Å². The van der Waals surface area contributed by atoms with Crippen molar-refractivity contribution in [2.24, 2.45) is 0 Å². The second kappa shape index (κ2) is 6.87. The zero-order valence-electron chi connectivity index (χ0n) is 12.0. The average molecular weight is 301 g/mol. The number of nitrogens with one attached hydrogen (secondary N) is 2. The standard InChI is InChI=1S/C17H20N2OS/c20-16(13-19-10-4-5-11-19)18-17(15-9-6-12-21-15)14-7-2-1-3-8-14/h1-3,6-9,12,17H,4-5,10-11,13H2,(H,18,20)/p+1/t17-/m0/s1. The molecule has 1 saturated heterocycles. The number of carbonyl (C=O) groups excluding carboxylic acids is 1. The third kappa shape index (κ3) is 3.71. The third-order valence-corrected chi connectivity index (χ3v) is 4.92. The Labute approximate surface area is 129 Å². The van der Waals surface area contributed by atoms with Gasteiger partial charge in [-0.3, -0.25) is 4.79 Å². The van der Waals surface area contributed by atoms with Gasteiger partial charge in [-0.2, -0.15) is 0 Å². The zero-order chi connectivity index (χ0) is 14.5. The van der Waals surface area contributed by atoms with E-state index < -0.39 is 0 Å². The second-order valence-corrected chi connectivity index (χ2v) is 6.54. The van der Waals surface area contributed by atoms with E-state index in [1.807, 2.05) is 24.3 Å². The molecule has 0 spiro atoms. The molecule has 2 heterocycles. The summed E-state index contributed by atoms with van der Waals surface area (Å²) in [5.41, 5.74) is 1.14. The quantitative estimate of drug-likeness (QED) is 0.865. The van der Waals surface area contributed by atoms with E-state index in [4.69, 9.17) is 0 Å². The first-order chi connectivity index (χ1) is 10.3. The van der Waals surface area contributed by atoms with Crippen LogP contribution in [0.1, 0.15) is 29.3 Å². The first-order valence-electron chi connectivity index (χ1n) is 7.54. The van der Waals surface area contributed by atoms with Crippen LogP contribution in [0.15, 0.2) is 47.8 Å². The van der Waals surface area contributed by atoms with Crippen LogP contribution in [0.4, 0.5) is 0 Å². The van der Waals surface area contributed by atoms with Crippen LogP contribution in [0, 0.1) is 0 Å². The summed E-state index contributed by atoms with van der Waals surface area (Å²) < 4.78 is 0. The number of benzene rings is 1. The Morgan fingerprint density at radius 2 is 1.90 bits per heavy atom. The highest BCUT2D eigenvalue weighted by Crippen LogP contribution is 2.25. The average Bonchev–Trinajstić information content (AvgIpc) is 3.19. The molecule has 2 N–H and O–H groups in total. The summed E-state index contributed by atoms with van der Waals surface area (Å²) in [6.45, 7) is 2.85. The lowest BCUT2D eigenvalue weighted by Crippen LogP contribution is -3.11. The van der Waals surface area contributed by atoms with Gasteiger partial charge in [0.1, 0.15) is 0 Å². The Kier molecular flexibility index (Phi) is 4.68. The minimum atomic E-state index is -0.0271. The van der Waals surface area contributed by atoms with Gasteiger partial charge in [0.15, 0.2) is 6.54 Å². The zero-order valence-corrected chi connectivity index (χ0v) is 12.9. The van der Waals surface area contributed by atoms with Crippen molar-refractivity contribution < 1.29 is 9.69 Å². The van der Waals surface area contributed by atoms with E-state index in [0.717, 1.165) is 18.7 Å². The van der Waals surface area contributed by atoms with Gasteiger partial charge < -0.3 is 10.2 Å². The van der Waals surface area contributed by atoms with Crippen molar-refractivity contribution in [3.8, 4) is 0 Å². The predicted octanol–water partition coefficient (Wildman–Crippen LogP) is 1.63. The fourth-order valence-corrected chi connectivity index (χ4v) is 3.71. The van der Waals surface area contributed by atoms with E-state index in [2.05, 4.69) is 28.9 Å². The third-order valence-electron chi connectivity index (χ3n) is 3.99. The largest absolute Gasteiger partial charge is 0.339 e. The summed E-state index contributed by atoms with van der Waals surface area (Å²) in [5, 5.41) is 5.27. The molecule has 1 aromatic carbocycles. The Hall–Kier alpha value is -1.65. The van der Waals surface area contributed by atoms with Crippen molar-refractivity contribution in [3.63, 3.8) is 0 Å². The molecule has 0 unspecified atom stereocenters. The van der Waals surface area contributed by atoms with Crippen molar-refractivity contribution >= 4 is 17.2 Å². The van der Waals surface area contributed by atoms with Crippen LogP contribution in [-0.2, 0) is 4.79 Å². The molecule has 2 aromatic rings. The summed E-state index contributed by atoms with van der Waals surface area (Å²) in [6, 6.07) is 14.3. The smallest absolute Gasteiger partial charge is 0.275 e. The minimum absolute atomic E-state index is 0.0271. The predicted molar refractivity (Wildman–Crippen MR) is 85.5 cm³/mol. The SMILES string of the molecule is O=C(C[NH+]1CCCC1)N[C@@H](c1ccccc1)c1cccs1. The molecule has 1 aliphatic rings. The lowest BCUT2D eigenvalue weighted by molar-refractivity contribution is -0.879. The Morgan fingerprint density at radius 1 is 1.14 bits per heavy atom. The van der Waals surface area contributed by atoms with Crippen molar-refractivity contribution in [3.05, 3.63) is 58.3 Å². The highest BCUT2D eigenvalue weighted by Gasteiger charge is 2.22. The van der Waals surface area contributed by atoms with E-state index in [9.17, 15) is 4.79 Å². The molecule has 3 rings (SSSR count). The second-order valence-electron chi connectivity index (χ2n) is 5.56. The van der Waals surface area contributed by atoms with E-state index in [-0.39, 0.29) is 11.9 Å². The molecule has 3 nitrogen and oxygen atoms in total. The number of carbonyl (C=O) groups is 1. The molecule has 1 amide bonds. The van der Waals surface area contributed by atoms with Gasteiger partial charge in [0.2, 0.25) is 0 Å². The van der Waals surface area contributed by atoms with Crippen LogP contribution in [0.2, 0.25) is 0 Å². The molecule has 1 aromatic heterocycles. The number of likely N-dealkylation sites (tertiary alicyclic amines) is 1. The van der Waals surface area contributed by atoms with E-state index in [0.29, 0.717) is 6.54 Å². The van der Waals surface area contributed by atoms with E-state index >= 15 is 0 Å². The van der Waals surface area contributed by atoms with Crippen LogP contribution < -0.4 is 10.2 Å². The molecule has 0 aliphatic carbocycles. The maximum atomic E-state index is 12.4. The molecular weight excluding hydrogens is 280 g/mol. The van der Waals surface area contributed by atoms with E-state index in [1.165, 1.54) is 22.6 Å². The van der Waals surface area contributed by atoms with Crippen LogP contribution in [0.25, 0.3) is 0 Å². The van der Waals surface area contributed by atoms with Crippen LogP contribution in [0.3, 0.4) is 0 Å². The monoisotopic (exact) mass is 301 g/mol. The number of quaternary nitrogens is 1. The molecule has 1 atom stereocenters. The molecule has 0 radical (unpaired) electrons. The summed E-state index contributed by atoms with van der Waals surface area (Å²) in [7, 11) is 0. The summed E-state index contributed by atoms with van der Waals surface area (Å²) >= 11 is 1.69. The Morgan fingerprint density at radius 3 is 2.57 bits per heavy atom. The normalized spacial score (nSPS) is 16.8. The fourth-order valence-electron chi connectivity index (χ4n) is 2.91.